The molecule has 11 atom stereocenters. The van der Waals surface area contributed by atoms with Crippen LogP contribution in [0.15, 0.2) is 12.2 Å². The van der Waals surface area contributed by atoms with E-state index in [1.54, 1.807) is 13.2 Å². The van der Waals surface area contributed by atoms with Crippen molar-refractivity contribution >= 4 is 11.9 Å². The number of hydrogen-bond donors (Lipinski definition) is 3. The quantitative estimate of drug-likeness (QED) is 0.114. The zero-order valence-corrected chi connectivity index (χ0v) is 29.7. The first-order valence-corrected chi connectivity index (χ1v) is 15.4. The van der Waals surface area contributed by atoms with Gasteiger partial charge in [-0.05, 0) is 44.4 Å². The third kappa shape index (κ3) is 9.47. The summed E-state index contributed by atoms with van der Waals surface area (Å²) in [4.78, 5) is 24.0. The molecule has 13 heteroatoms. The molecule has 0 bridgehead atoms. The van der Waals surface area contributed by atoms with Crippen LogP contribution < -0.4 is 40.0 Å². The Bertz CT molecular complexity index is 938. The zero-order chi connectivity index (χ0) is 31.9. The average Bonchev–Trinajstić information content (AvgIpc) is 2.95. The fraction of sp³-hybridized carbons (Fsp3) is 0.871. The molecule has 1 unspecified atom stereocenters. The summed E-state index contributed by atoms with van der Waals surface area (Å²) in [7, 11) is 3.01. The van der Waals surface area contributed by atoms with Crippen LogP contribution in [0.25, 0.3) is 0 Å². The molecule has 44 heavy (non-hydrogen) atoms. The smallest absolute Gasteiger partial charge is 0.550 e. The molecule has 3 saturated heterocycles. The Morgan fingerprint density at radius 1 is 1.09 bits per heavy atom. The average molecular weight is 638 g/mol. The Balaban J connectivity index is 0.00000675. The van der Waals surface area contributed by atoms with Crippen molar-refractivity contribution in [3.8, 4) is 0 Å². The van der Waals surface area contributed by atoms with Gasteiger partial charge in [-0.1, -0.05) is 46.3 Å². The zero-order valence-electron chi connectivity index (χ0n) is 27.7. The maximum atomic E-state index is 13.4. The normalized spacial score (nSPS) is 36.6. The van der Waals surface area contributed by atoms with Gasteiger partial charge >= 0.3 is 29.6 Å². The largest absolute Gasteiger partial charge is 1.00 e. The van der Waals surface area contributed by atoms with Crippen molar-refractivity contribution in [2.75, 3.05) is 21.0 Å². The maximum Gasteiger partial charge on any atom is 1.00 e. The van der Waals surface area contributed by atoms with Crippen molar-refractivity contribution in [2.45, 2.75) is 134 Å². The van der Waals surface area contributed by atoms with Crippen LogP contribution in [0.3, 0.4) is 0 Å². The Kier molecular flexibility index (Phi) is 15.7. The number of methoxy groups -OCH3 is 2. The summed E-state index contributed by atoms with van der Waals surface area (Å²) < 4.78 is 35.8. The van der Waals surface area contributed by atoms with E-state index in [1.165, 1.54) is 7.11 Å². The monoisotopic (exact) mass is 637 g/mol. The number of fused-ring (bicyclic) bond motifs is 1. The first-order chi connectivity index (χ1) is 20.3. The number of nitrogens with one attached hydrogen (secondary N) is 1. The third-order valence-electron chi connectivity index (χ3n) is 9.56. The number of carboxylic acid groups (broad SMARTS) is 1. The van der Waals surface area contributed by atoms with Crippen LogP contribution in [0.2, 0.25) is 0 Å². The number of aliphatic carboxylic acids is 1. The molecular weight excluding hydrogens is 585 g/mol. The fourth-order valence-electron chi connectivity index (χ4n) is 6.52. The predicted molar refractivity (Wildman–Crippen MR) is 153 cm³/mol. The number of allylic oxidation sites excluding steroid dienone is 1. The van der Waals surface area contributed by atoms with Gasteiger partial charge in [0.25, 0.3) is 5.91 Å². The van der Waals surface area contributed by atoms with Gasteiger partial charge in [-0.15, -0.1) is 0 Å². The number of carbonyl (C=O) groups is 2. The summed E-state index contributed by atoms with van der Waals surface area (Å²) in [6, 6.07) is 0. The van der Waals surface area contributed by atoms with Gasteiger partial charge in [0.1, 0.15) is 19.0 Å². The van der Waals surface area contributed by atoms with E-state index in [1.807, 2.05) is 33.8 Å². The van der Waals surface area contributed by atoms with Gasteiger partial charge < -0.3 is 53.9 Å². The minimum Gasteiger partial charge on any atom is -0.550 e. The second-order valence-electron chi connectivity index (χ2n) is 12.9. The molecule has 0 saturated carbocycles. The number of hydrogen-bond acceptors (Lipinski definition) is 11. The van der Waals surface area contributed by atoms with Gasteiger partial charge in [0.15, 0.2) is 12.3 Å². The summed E-state index contributed by atoms with van der Waals surface area (Å²) in [5.41, 5.74) is -0.569. The maximum absolute atomic E-state index is 13.4. The van der Waals surface area contributed by atoms with E-state index < -0.39 is 65.9 Å². The number of unbranched alkanes of at least 4 members (excludes halogenated alkanes) is 3. The molecule has 3 fully saturated rings. The number of amides is 1. The third-order valence-corrected chi connectivity index (χ3v) is 9.56. The van der Waals surface area contributed by atoms with Gasteiger partial charge in [-0.3, -0.25) is 4.79 Å². The van der Waals surface area contributed by atoms with E-state index in [0.29, 0.717) is 19.3 Å². The minimum atomic E-state index is -1.62. The fourth-order valence-corrected chi connectivity index (χ4v) is 6.52. The van der Waals surface area contributed by atoms with E-state index in [-0.39, 0.29) is 67.1 Å². The van der Waals surface area contributed by atoms with Crippen molar-refractivity contribution in [3.05, 3.63) is 12.2 Å². The number of carbonyl (C=O) groups excluding carboxylic acids is 2. The van der Waals surface area contributed by atoms with E-state index in [4.69, 9.17) is 28.4 Å². The van der Waals surface area contributed by atoms with Gasteiger partial charge in [0, 0.05) is 38.4 Å². The van der Waals surface area contributed by atoms with Gasteiger partial charge in [-0.25, -0.2) is 0 Å². The molecule has 1 amide bonds. The number of aliphatic hydroxyl groups excluding tert-OH is 2. The molecule has 0 aromatic carbocycles. The molecule has 0 aromatic heterocycles. The Morgan fingerprint density at radius 3 is 2.41 bits per heavy atom. The molecule has 3 rings (SSSR count). The summed E-state index contributed by atoms with van der Waals surface area (Å²) in [6.07, 6.45) is 1.19. The van der Waals surface area contributed by atoms with Crippen molar-refractivity contribution < 1.29 is 82.9 Å². The second kappa shape index (κ2) is 17.5. The molecule has 3 aliphatic rings. The first-order valence-electron chi connectivity index (χ1n) is 15.4. The van der Waals surface area contributed by atoms with Crippen molar-refractivity contribution in [2.24, 2.45) is 17.3 Å². The summed E-state index contributed by atoms with van der Waals surface area (Å²) in [5, 5.41) is 35.3. The Labute approximate surface area is 283 Å². The summed E-state index contributed by atoms with van der Waals surface area (Å²) >= 11 is 0. The molecule has 0 aromatic rings. The molecule has 3 heterocycles. The van der Waals surface area contributed by atoms with Crippen molar-refractivity contribution in [1.29, 1.82) is 0 Å². The molecule has 0 spiro atoms. The standard InChI is InChI=1S/C31H53NO11.Na/c1-18-16-31(39-7,43-20(3)19(18)2)26(36)28(37)32-29-25-24(40-17-41-29)27(38-6)30(4,5)22(42-25)15-21(33)13-11-9-8-10-12-14-23(34)35;/h11,13,18-22,24-27,29,33,36H,8-10,12,14-17H2,1-7H3,(H,32,37)(H,34,35);/q;+1/p-1/b13-11+;/t18?,19-,20-,21-,22-,24+,25+,26-,27-,29-,31-;/m1./s1. The molecular formula is C31H52NNaO11. The van der Waals surface area contributed by atoms with E-state index in [0.717, 1.165) is 12.8 Å². The van der Waals surface area contributed by atoms with E-state index in [9.17, 15) is 24.9 Å². The van der Waals surface area contributed by atoms with Gasteiger partial charge in [0.2, 0.25) is 5.79 Å². The molecule has 12 nitrogen and oxygen atoms in total. The van der Waals surface area contributed by atoms with E-state index in [2.05, 4.69) is 12.2 Å². The van der Waals surface area contributed by atoms with Gasteiger partial charge in [0.05, 0.1) is 24.4 Å². The number of rotatable bonds is 14. The van der Waals surface area contributed by atoms with Crippen molar-refractivity contribution in [3.63, 3.8) is 0 Å². The van der Waals surface area contributed by atoms with Crippen LogP contribution in [0.1, 0.15) is 79.6 Å². The first kappa shape index (κ1) is 39.5. The second-order valence-corrected chi connectivity index (χ2v) is 12.9. The van der Waals surface area contributed by atoms with Crippen LogP contribution >= 0.6 is 0 Å². The summed E-state index contributed by atoms with van der Waals surface area (Å²) in [6.45, 7) is 9.87. The van der Waals surface area contributed by atoms with Crippen LogP contribution in [0.5, 0.6) is 0 Å². The van der Waals surface area contributed by atoms with Crippen LogP contribution in [-0.4, -0.2) is 97.8 Å². The number of carboxylic acids is 1. The van der Waals surface area contributed by atoms with Crippen LogP contribution in [0.4, 0.5) is 0 Å². The summed E-state index contributed by atoms with van der Waals surface area (Å²) in [5.74, 6) is -2.89. The van der Waals surface area contributed by atoms with Crippen LogP contribution in [-0.2, 0) is 38.0 Å². The Morgan fingerprint density at radius 2 is 1.80 bits per heavy atom. The number of aliphatic hydroxyl groups is 2. The SMILES string of the molecule is CO[C@@H]1[C@H]2OCO[C@@H](NC(=O)[C@@H](O)[C@@]3(OC)CC(C)[C@@H](C)[C@@H](C)O3)[C@H]2O[C@H](C[C@H](O)/C=C/CCCCCC(=O)[O-])C1(C)C.[Na+]. The molecule has 3 N–H and O–H groups in total. The van der Waals surface area contributed by atoms with E-state index >= 15 is 0 Å². The van der Waals surface area contributed by atoms with Crippen molar-refractivity contribution in [1.82, 2.24) is 5.32 Å². The van der Waals surface area contributed by atoms with Gasteiger partial charge in [-0.2, -0.15) is 0 Å². The molecule has 0 radical (unpaired) electrons. The van der Waals surface area contributed by atoms with Crippen LogP contribution in [0, 0.1) is 17.3 Å². The predicted octanol–water partition coefficient (Wildman–Crippen LogP) is -1.59. The molecule has 248 valence electrons. The number of ether oxygens (including phenoxy) is 6. The topological polar surface area (TPSA) is 165 Å². The minimum absolute atomic E-state index is 0. The molecule has 0 aliphatic carbocycles. The molecule has 3 aliphatic heterocycles. The Hall–Kier alpha value is -0.640.